The minimum atomic E-state index is -0.0413. The predicted molar refractivity (Wildman–Crippen MR) is 88.7 cm³/mol. The van der Waals surface area contributed by atoms with E-state index in [0.29, 0.717) is 18.9 Å². The second kappa shape index (κ2) is 7.14. The molecule has 1 amide bonds. The Balaban J connectivity index is 2.18. The van der Waals surface area contributed by atoms with Crippen LogP contribution in [0.15, 0.2) is 24.3 Å². The Morgan fingerprint density at radius 2 is 1.86 bits per heavy atom. The van der Waals surface area contributed by atoms with Gasteiger partial charge in [0.15, 0.2) is 0 Å². The molecule has 22 heavy (non-hydrogen) atoms. The van der Waals surface area contributed by atoms with E-state index in [1.54, 1.807) is 0 Å². The monoisotopic (exact) mass is 304 g/mol. The maximum atomic E-state index is 12.3. The summed E-state index contributed by atoms with van der Waals surface area (Å²) >= 11 is 0. The van der Waals surface area contributed by atoms with E-state index in [-0.39, 0.29) is 24.0 Å². The molecule has 1 saturated heterocycles. The SMILES string of the molecule is CC(C)COc1ccc(C2C(N)CCC(=O)N2C(C)C)cc1. The molecular weight excluding hydrogens is 276 g/mol. The number of piperidine rings is 1. The van der Waals surface area contributed by atoms with Crippen LogP contribution in [0.2, 0.25) is 0 Å². The summed E-state index contributed by atoms with van der Waals surface area (Å²) in [5.41, 5.74) is 7.40. The van der Waals surface area contributed by atoms with Gasteiger partial charge in [0.05, 0.1) is 12.6 Å². The highest BCUT2D eigenvalue weighted by molar-refractivity contribution is 5.78. The minimum absolute atomic E-state index is 0.0115. The molecule has 0 aliphatic carbocycles. The molecule has 1 aromatic carbocycles. The lowest BCUT2D eigenvalue weighted by atomic mass is 9.89. The van der Waals surface area contributed by atoms with Crippen LogP contribution in [0.5, 0.6) is 5.75 Å². The van der Waals surface area contributed by atoms with Crippen LogP contribution in [0, 0.1) is 5.92 Å². The van der Waals surface area contributed by atoms with Crippen molar-refractivity contribution in [1.82, 2.24) is 4.90 Å². The van der Waals surface area contributed by atoms with E-state index < -0.39 is 0 Å². The topological polar surface area (TPSA) is 55.6 Å². The number of carbonyl (C=O) groups is 1. The Bertz CT molecular complexity index is 496. The summed E-state index contributed by atoms with van der Waals surface area (Å²) in [5.74, 6) is 1.56. The first kappa shape index (κ1) is 16.8. The zero-order valence-electron chi connectivity index (χ0n) is 14.1. The standard InChI is InChI=1S/C18H28N2O2/c1-12(2)11-22-15-7-5-14(6-8-15)18-16(19)9-10-17(21)20(18)13(3)4/h5-8,12-13,16,18H,9-11,19H2,1-4H3. The number of nitrogens with two attached hydrogens (primary N) is 1. The molecule has 2 rings (SSSR count). The first-order valence-electron chi connectivity index (χ1n) is 8.19. The van der Waals surface area contributed by atoms with E-state index in [4.69, 9.17) is 10.5 Å². The third-order valence-corrected chi connectivity index (χ3v) is 4.05. The average Bonchev–Trinajstić information content (AvgIpc) is 2.47. The molecule has 1 aliphatic rings. The van der Waals surface area contributed by atoms with E-state index in [1.165, 1.54) is 0 Å². The molecule has 0 aromatic heterocycles. The van der Waals surface area contributed by atoms with Crippen LogP contribution >= 0.6 is 0 Å². The summed E-state index contributed by atoms with van der Waals surface area (Å²) in [5, 5.41) is 0. The normalized spacial score (nSPS) is 22.5. The van der Waals surface area contributed by atoms with Crippen LogP contribution in [-0.2, 0) is 4.79 Å². The zero-order chi connectivity index (χ0) is 16.3. The number of carbonyl (C=O) groups excluding carboxylic acids is 1. The van der Waals surface area contributed by atoms with Crippen LogP contribution in [0.3, 0.4) is 0 Å². The molecule has 0 saturated carbocycles. The fraction of sp³-hybridized carbons (Fsp3) is 0.611. The molecule has 4 nitrogen and oxygen atoms in total. The number of ether oxygens (including phenoxy) is 1. The quantitative estimate of drug-likeness (QED) is 0.909. The number of hydrogen-bond acceptors (Lipinski definition) is 3. The van der Waals surface area contributed by atoms with E-state index in [2.05, 4.69) is 13.8 Å². The van der Waals surface area contributed by atoms with Crippen molar-refractivity contribution in [2.75, 3.05) is 6.61 Å². The molecule has 2 atom stereocenters. The van der Waals surface area contributed by atoms with Crippen molar-refractivity contribution in [3.63, 3.8) is 0 Å². The average molecular weight is 304 g/mol. The van der Waals surface area contributed by atoms with E-state index in [9.17, 15) is 4.79 Å². The molecule has 0 radical (unpaired) electrons. The highest BCUT2D eigenvalue weighted by Gasteiger charge is 2.36. The van der Waals surface area contributed by atoms with Crippen LogP contribution < -0.4 is 10.5 Å². The summed E-state index contributed by atoms with van der Waals surface area (Å²) in [6, 6.07) is 8.12. The molecule has 2 N–H and O–H groups in total. The van der Waals surface area contributed by atoms with Gasteiger partial charge >= 0.3 is 0 Å². The summed E-state index contributed by atoms with van der Waals surface area (Å²) in [6.07, 6.45) is 1.30. The second-order valence-electron chi connectivity index (χ2n) is 6.82. The smallest absolute Gasteiger partial charge is 0.223 e. The Hall–Kier alpha value is -1.55. The molecule has 122 valence electrons. The van der Waals surface area contributed by atoms with Crippen LogP contribution in [0.1, 0.15) is 52.1 Å². The maximum absolute atomic E-state index is 12.3. The summed E-state index contributed by atoms with van der Waals surface area (Å²) in [4.78, 5) is 14.2. The number of amides is 1. The molecule has 0 spiro atoms. The van der Waals surface area contributed by atoms with Crippen molar-refractivity contribution in [3.05, 3.63) is 29.8 Å². The molecule has 1 aliphatic heterocycles. The van der Waals surface area contributed by atoms with Gasteiger partial charge in [-0.2, -0.15) is 0 Å². The van der Waals surface area contributed by atoms with Gasteiger partial charge in [0.2, 0.25) is 5.91 Å². The largest absolute Gasteiger partial charge is 0.493 e. The molecule has 2 unspecified atom stereocenters. The first-order valence-corrected chi connectivity index (χ1v) is 8.19. The summed E-state index contributed by atoms with van der Waals surface area (Å²) in [6.45, 7) is 9.05. The van der Waals surface area contributed by atoms with Crippen molar-refractivity contribution >= 4 is 5.91 Å². The predicted octanol–water partition coefficient (Wildman–Crippen LogP) is 3.12. The van der Waals surface area contributed by atoms with E-state index in [0.717, 1.165) is 17.7 Å². The lowest BCUT2D eigenvalue weighted by molar-refractivity contribution is -0.139. The molecule has 1 fully saturated rings. The maximum Gasteiger partial charge on any atom is 0.223 e. The lowest BCUT2D eigenvalue weighted by Crippen LogP contribution is -2.51. The fourth-order valence-corrected chi connectivity index (χ4v) is 2.98. The molecule has 4 heteroatoms. The van der Waals surface area contributed by atoms with Gasteiger partial charge in [0.25, 0.3) is 0 Å². The lowest BCUT2D eigenvalue weighted by Gasteiger charge is -2.42. The molecule has 0 bridgehead atoms. The highest BCUT2D eigenvalue weighted by Crippen LogP contribution is 2.33. The van der Waals surface area contributed by atoms with Crippen molar-refractivity contribution in [3.8, 4) is 5.75 Å². The number of rotatable bonds is 5. The summed E-state index contributed by atoms with van der Waals surface area (Å²) in [7, 11) is 0. The van der Waals surface area contributed by atoms with Crippen molar-refractivity contribution < 1.29 is 9.53 Å². The van der Waals surface area contributed by atoms with E-state index in [1.807, 2.05) is 43.0 Å². The first-order chi connectivity index (χ1) is 10.4. The third kappa shape index (κ3) is 3.80. The zero-order valence-corrected chi connectivity index (χ0v) is 14.1. The van der Waals surface area contributed by atoms with Gasteiger partial charge in [-0.15, -0.1) is 0 Å². The van der Waals surface area contributed by atoms with Gasteiger partial charge < -0.3 is 15.4 Å². The minimum Gasteiger partial charge on any atom is -0.493 e. The van der Waals surface area contributed by atoms with Gasteiger partial charge in [-0.1, -0.05) is 26.0 Å². The van der Waals surface area contributed by atoms with Crippen LogP contribution in [-0.4, -0.2) is 29.5 Å². The Morgan fingerprint density at radius 1 is 1.23 bits per heavy atom. The van der Waals surface area contributed by atoms with Crippen LogP contribution in [0.25, 0.3) is 0 Å². The van der Waals surface area contributed by atoms with Gasteiger partial charge in [-0.3, -0.25) is 4.79 Å². The molecule has 1 aromatic rings. The Kier molecular flexibility index (Phi) is 5.46. The van der Waals surface area contributed by atoms with Gasteiger partial charge in [-0.25, -0.2) is 0 Å². The van der Waals surface area contributed by atoms with Gasteiger partial charge in [0.1, 0.15) is 5.75 Å². The number of likely N-dealkylation sites (tertiary alicyclic amines) is 1. The Labute approximate surface area is 133 Å². The number of benzene rings is 1. The third-order valence-electron chi connectivity index (χ3n) is 4.05. The number of hydrogen-bond donors (Lipinski definition) is 1. The van der Waals surface area contributed by atoms with Crippen LogP contribution in [0.4, 0.5) is 0 Å². The van der Waals surface area contributed by atoms with Crippen molar-refractivity contribution in [2.24, 2.45) is 11.7 Å². The van der Waals surface area contributed by atoms with Gasteiger partial charge in [0, 0.05) is 18.5 Å². The van der Waals surface area contributed by atoms with Crippen molar-refractivity contribution in [1.29, 1.82) is 0 Å². The molecular formula is C18H28N2O2. The molecule has 1 heterocycles. The van der Waals surface area contributed by atoms with Crippen molar-refractivity contribution in [2.45, 2.75) is 58.7 Å². The van der Waals surface area contributed by atoms with Gasteiger partial charge in [-0.05, 0) is 43.9 Å². The fourth-order valence-electron chi connectivity index (χ4n) is 2.98. The van der Waals surface area contributed by atoms with E-state index >= 15 is 0 Å². The second-order valence-corrected chi connectivity index (χ2v) is 6.82. The Morgan fingerprint density at radius 3 is 2.41 bits per heavy atom. The highest BCUT2D eigenvalue weighted by atomic mass is 16.5. The number of nitrogens with zero attached hydrogens (tertiary/aromatic N) is 1. The summed E-state index contributed by atoms with van der Waals surface area (Å²) < 4.78 is 5.72.